The van der Waals surface area contributed by atoms with E-state index in [0.29, 0.717) is 5.01 Å². The highest BCUT2D eigenvalue weighted by atomic mass is 32.1. The van der Waals surface area contributed by atoms with Crippen molar-refractivity contribution in [1.82, 2.24) is 4.98 Å². The van der Waals surface area contributed by atoms with Gasteiger partial charge in [0, 0.05) is 5.56 Å². The summed E-state index contributed by atoms with van der Waals surface area (Å²) in [5.74, 6) is 0.839. The highest BCUT2D eigenvalue weighted by molar-refractivity contribution is 7.19. The molecule has 2 aromatic rings. The molecule has 1 heterocycles. The van der Waals surface area contributed by atoms with Crippen LogP contribution in [-0.2, 0) is 0 Å². The summed E-state index contributed by atoms with van der Waals surface area (Å²) in [6.45, 7) is 1.97. The number of rotatable bonds is 1. The lowest BCUT2D eigenvalue weighted by Crippen LogP contribution is -1.86. The molecular weight excluding hydrogens is 196 g/mol. The lowest BCUT2D eigenvalue weighted by molar-refractivity contribution is 0.412. The predicted octanol–water partition coefficient (Wildman–Crippen LogP) is 2.49. The van der Waals surface area contributed by atoms with Crippen LogP contribution in [0.25, 0.3) is 10.2 Å². The molecule has 3 nitrogen and oxygen atoms in total. The van der Waals surface area contributed by atoms with Gasteiger partial charge in [0.05, 0.1) is 17.3 Å². The molecule has 0 unspecified atom stereocenters. The maximum atomic E-state index is 8.72. The summed E-state index contributed by atoms with van der Waals surface area (Å²) >= 11 is 1.40. The fourth-order valence-corrected chi connectivity index (χ4v) is 2.23. The summed E-state index contributed by atoms with van der Waals surface area (Å²) in [6, 6.07) is 5.79. The van der Waals surface area contributed by atoms with Gasteiger partial charge in [0.15, 0.2) is 5.01 Å². The second-order valence-corrected chi connectivity index (χ2v) is 3.87. The molecule has 0 fully saturated rings. The number of ether oxygens (including phenoxy) is 1. The van der Waals surface area contributed by atoms with Crippen LogP contribution in [-0.4, -0.2) is 12.1 Å². The number of fused-ring (bicyclic) bond motifs is 1. The van der Waals surface area contributed by atoms with E-state index in [2.05, 4.69) is 4.98 Å². The Hall–Kier alpha value is -1.60. The molecule has 0 radical (unpaired) electrons. The van der Waals surface area contributed by atoms with E-state index in [4.69, 9.17) is 10.00 Å². The van der Waals surface area contributed by atoms with Gasteiger partial charge in [-0.1, -0.05) is 0 Å². The number of hydrogen-bond acceptors (Lipinski definition) is 4. The highest BCUT2D eigenvalue weighted by Crippen LogP contribution is 2.30. The van der Waals surface area contributed by atoms with Gasteiger partial charge in [0.1, 0.15) is 11.8 Å². The number of nitriles is 1. The summed E-state index contributed by atoms with van der Waals surface area (Å²) < 4.78 is 6.22. The molecule has 0 saturated heterocycles. The average Bonchev–Trinajstić information content (AvgIpc) is 2.62. The van der Waals surface area contributed by atoms with Crippen LogP contribution in [0, 0.1) is 18.3 Å². The van der Waals surface area contributed by atoms with E-state index < -0.39 is 0 Å². The first kappa shape index (κ1) is 8.97. The molecule has 0 aliphatic heterocycles. The molecule has 0 amide bonds. The van der Waals surface area contributed by atoms with Gasteiger partial charge in [-0.05, 0) is 19.1 Å². The number of benzene rings is 1. The normalized spacial score (nSPS) is 10.1. The quantitative estimate of drug-likeness (QED) is 0.716. The Kier molecular flexibility index (Phi) is 2.10. The van der Waals surface area contributed by atoms with E-state index in [1.807, 2.05) is 25.1 Å². The van der Waals surface area contributed by atoms with Crippen LogP contribution >= 0.6 is 11.3 Å². The van der Waals surface area contributed by atoms with Gasteiger partial charge in [-0.15, -0.1) is 11.3 Å². The molecule has 0 spiro atoms. The van der Waals surface area contributed by atoms with Gasteiger partial charge in [-0.25, -0.2) is 4.98 Å². The van der Waals surface area contributed by atoms with Crippen LogP contribution in [0.1, 0.15) is 10.6 Å². The van der Waals surface area contributed by atoms with E-state index in [1.165, 1.54) is 11.3 Å². The van der Waals surface area contributed by atoms with Crippen molar-refractivity contribution in [2.75, 3.05) is 7.11 Å². The lowest BCUT2D eigenvalue weighted by atomic mass is 10.2. The maximum absolute atomic E-state index is 8.72. The minimum Gasteiger partial charge on any atom is -0.496 e. The van der Waals surface area contributed by atoms with Crippen molar-refractivity contribution in [3.05, 3.63) is 22.7 Å². The third-order valence-electron chi connectivity index (χ3n) is 2.07. The number of nitrogens with zero attached hydrogens (tertiary/aromatic N) is 2. The molecule has 1 aromatic heterocycles. The Morgan fingerprint density at radius 3 is 2.93 bits per heavy atom. The van der Waals surface area contributed by atoms with E-state index in [9.17, 15) is 0 Å². The Morgan fingerprint density at radius 2 is 2.29 bits per heavy atom. The molecule has 0 aliphatic rings. The van der Waals surface area contributed by atoms with Gasteiger partial charge in [0.2, 0.25) is 0 Å². The van der Waals surface area contributed by atoms with Crippen molar-refractivity contribution in [1.29, 1.82) is 5.26 Å². The second kappa shape index (κ2) is 3.28. The predicted molar refractivity (Wildman–Crippen MR) is 55.6 cm³/mol. The van der Waals surface area contributed by atoms with Crippen LogP contribution < -0.4 is 4.74 Å². The van der Waals surface area contributed by atoms with Gasteiger partial charge in [-0.2, -0.15) is 5.26 Å². The molecule has 0 N–H and O–H groups in total. The number of aryl methyl sites for hydroxylation is 1. The van der Waals surface area contributed by atoms with Crippen molar-refractivity contribution < 1.29 is 4.74 Å². The molecule has 70 valence electrons. The summed E-state index contributed by atoms with van der Waals surface area (Å²) in [7, 11) is 1.64. The molecule has 2 rings (SSSR count). The summed E-state index contributed by atoms with van der Waals surface area (Å²) in [4.78, 5) is 4.17. The molecule has 0 atom stereocenters. The monoisotopic (exact) mass is 204 g/mol. The van der Waals surface area contributed by atoms with Crippen LogP contribution in [0.5, 0.6) is 5.75 Å². The Bertz CT molecular complexity index is 525. The lowest BCUT2D eigenvalue weighted by Gasteiger charge is -2.03. The Morgan fingerprint density at radius 1 is 1.50 bits per heavy atom. The molecule has 0 aliphatic carbocycles. The zero-order valence-electron chi connectivity index (χ0n) is 7.87. The smallest absolute Gasteiger partial charge is 0.195 e. The third kappa shape index (κ3) is 1.22. The number of methoxy groups -OCH3 is 1. The maximum Gasteiger partial charge on any atom is 0.195 e. The molecular formula is C10H8N2OS. The molecule has 0 saturated carbocycles. The van der Waals surface area contributed by atoms with Crippen molar-refractivity contribution in [3.8, 4) is 11.8 Å². The van der Waals surface area contributed by atoms with Gasteiger partial charge < -0.3 is 4.74 Å². The first-order valence-electron chi connectivity index (χ1n) is 4.10. The van der Waals surface area contributed by atoms with Crippen LogP contribution in [0.4, 0.5) is 0 Å². The van der Waals surface area contributed by atoms with Gasteiger partial charge >= 0.3 is 0 Å². The SMILES string of the molecule is COc1ccc2nc(C#N)sc2c1C. The molecule has 1 aromatic carbocycles. The van der Waals surface area contributed by atoms with Gasteiger partial charge in [0.25, 0.3) is 0 Å². The van der Waals surface area contributed by atoms with Crippen molar-refractivity contribution in [2.24, 2.45) is 0 Å². The largest absolute Gasteiger partial charge is 0.496 e. The van der Waals surface area contributed by atoms with Gasteiger partial charge in [-0.3, -0.25) is 0 Å². The first-order valence-corrected chi connectivity index (χ1v) is 4.92. The number of aromatic nitrogens is 1. The average molecular weight is 204 g/mol. The highest BCUT2D eigenvalue weighted by Gasteiger charge is 2.08. The summed E-state index contributed by atoms with van der Waals surface area (Å²) in [5, 5.41) is 9.22. The molecule has 4 heteroatoms. The Balaban J connectivity index is 2.76. The standard InChI is InChI=1S/C10H8N2OS/c1-6-8(13-2)4-3-7-10(6)14-9(5-11)12-7/h3-4H,1-2H3. The topological polar surface area (TPSA) is 45.9 Å². The number of thiazole rings is 1. The van der Waals surface area contributed by atoms with Crippen molar-refractivity contribution in [2.45, 2.75) is 6.92 Å². The zero-order valence-corrected chi connectivity index (χ0v) is 8.68. The van der Waals surface area contributed by atoms with Crippen LogP contribution in [0.3, 0.4) is 0 Å². The number of hydrogen-bond donors (Lipinski definition) is 0. The first-order chi connectivity index (χ1) is 6.76. The Labute approximate surface area is 85.6 Å². The fraction of sp³-hybridized carbons (Fsp3) is 0.200. The van der Waals surface area contributed by atoms with E-state index in [0.717, 1.165) is 21.5 Å². The fourth-order valence-electron chi connectivity index (χ4n) is 1.37. The van der Waals surface area contributed by atoms with E-state index in [1.54, 1.807) is 7.11 Å². The van der Waals surface area contributed by atoms with Crippen molar-refractivity contribution >= 4 is 21.6 Å². The summed E-state index contributed by atoms with van der Waals surface area (Å²) in [6.07, 6.45) is 0. The van der Waals surface area contributed by atoms with E-state index in [-0.39, 0.29) is 0 Å². The van der Waals surface area contributed by atoms with E-state index >= 15 is 0 Å². The zero-order chi connectivity index (χ0) is 10.1. The van der Waals surface area contributed by atoms with Crippen molar-refractivity contribution in [3.63, 3.8) is 0 Å². The minimum absolute atomic E-state index is 0.497. The second-order valence-electron chi connectivity index (χ2n) is 2.87. The van der Waals surface area contributed by atoms with Crippen LogP contribution in [0.2, 0.25) is 0 Å². The summed E-state index contributed by atoms with van der Waals surface area (Å²) in [5.41, 5.74) is 1.91. The third-order valence-corrected chi connectivity index (χ3v) is 3.17. The minimum atomic E-state index is 0.497. The molecule has 14 heavy (non-hydrogen) atoms. The van der Waals surface area contributed by atoms with Crippen LogP contribution in [0.15, 0.2) is 12.1 Å². The molecule has 0 bridgehead atoms.